The van der Waals surface area contributed by atoms with E-state index in [1.807, 2.05) is 0 Å². The van der Waals surface area contributed by atoms with Crippen molar-refractivity contribution in [2.75, 3.05) is 5.75 Å². The lowest BCUT2D eigenvalue weighted by molar-refractivity contribution is -0.139. The predicted molar refractivity (Wildman–Crippen MR) is 65.8 cm³/mol. The largest absolute Gasteiger partial charge is 0.480 e. The van der Waals surface area contributed by atoms with Crippen molar-refractivity contribution in [2.24, 2.45) is 0 Å². The number of benzene rings is 1. The van der Waals surface area contributed by atoms with Gasteiger partial charge in [-0.1, -0.05) is 17.7 Å². The molecule has 3 nitrogen and oxygen atoms in total. The summed E-state index contributed by atoms with van der Waals surface area (Å²) >= 11 is 7.17. The van der Waals surface area contributed by atoms with Crippen LogP contribution in [0.15, 0.2) is 18.2 Å². The Morgan fingerprint density at radius 3 is 3.00 bits per heavy atom. The van der Waals surface area contributed by atoms with E-state index in [0.717, 1.165) is 5.75 Å². The minimum Gasteiger partial charge on any atom is -0.480 e. The van der Waals surface area contributed by atoms with Gasteiger partial charge in [0, 0.05) is 0 Å². The molecule has 0 aromatic heterocycles. The number of nitrogens with one attached hydrogen (secondary N) is 1. The van der Waals surface area contributed by atoms with Gasteiger partial charge in [-0.05, 0) is 29.9 Å². The summed E-state index contributed by atoms with van der Waals surface area (Å²) < 4.78 is 13.3. The highest BCUT2D eigenvalue weighted by Crippen LogP contribution is 2.32. The number of thioether (sulfide) groups is 1. The summed E-state index contributed by atoms with van der Waals surface area (Å²) in [7, 11) is 0. The Bertz CT molecular complexity index is 443. The molecule has 1 aliphatic rings. The van der Waals surface area contributed by atoms with Gasteiger partial charge in [0.25, 0.3) is 0 Å². The summed E-state index contributed by atoms with van der Waals surface area (Å²) in [6.45, 7) is 0. The van der Waals surface area contributed by atoms with Crippen molar-refractivity contribution in [3.63, 3.8) is 0 Å². The molecular weight excluding hydrogens is 265 g/mol. The molecular formula is C11H11ClFNO2S. The molecule has 17 heavy (non-hydrogen) atoms. The van der Waals surface area contributed by atoms with Crippen LogP contribution in [0, 0.1) is 5.82 Å². The summed E-state index contributed by atoms with van der Waals surface area (Å²) in [6.07, 6.45) is 0.576. The van der Waals surface area contributed by atoms with Gasteiger partial charge in [-0.25, -0.2) is 4.39 Å². The third-order valence-corrected chi connectivity index (χ3v) is 4.11. The normalized spacial score (nSPS) is 24.6. The fraction of sp³-hybridized carbons (Fsp3) is 0.364. The average Bonchev–Trinajstić information content (AvgIpc) is 2.33. The van der Waals surface area contributed by atoms with Gasteiger partial charge in [0.1, 0.15) is 11.9 Å². The minimum absolute atomic E-state index is 0.0735. The first kappa shape index (κ1) is 12.7. The second kappa shape index (κ2) is 5.25. The van der Waals surface area contributed by atoms with E-state index in [1.165, 1.54) is 12.1 Å². The molecule has 2 rings (SSSR count). The number of aliphatic carboxylic acids is 1. The van der Waals surface area contributed by atoms with Gasteiger partial charge in [-0.2, -0.15) is 0 Å². The zero-order valence-corrected chi connectivity index (χ0v) is 10.4. The van der Waals surface area contributed by atoms with Gasteiger partial charge in [0.05, 0.1) is 10.4 Å². The smallest absolute Gasteiger partial charge is 0.320 e. The molecule has 2 atom stereocenters. The van der Waals surface area contributed by atoms with Crippen LogP contribution in [-0.4, -0.2) is 22.9 Å². The van der Waals surface area contributed by atoms with E-state index in [9.17, 15) is 9.18 Å². The maximum atomic E-state index is 13.3. The van der Waals surface area contributed by atoms with E-state index < -0.39 is 17.8 Å². The molecule has 1 aliphatic heterocycles. The molecule has 0 spiro atoms. The van der Waals surface area contributed by atoms with Crippen LogP contribution >= 0.6 is 23.4 Å². The Morgan fingerprint density at radius 2 is 2.35 bits per heavy atom. The fourth-order valence-corrected chi connectivity index (χ4v) is 3.01. The van der Waals surface area contributed by atoms with E-state index in [0.29, 0.717) is 12.0 Å². The molecule has 2 unspecified atom stereocenters. The lowest BCUT2D eigenvalue weighted by atomic mass is 10.1. The standard InChI is InChI=1S/C11H11ClFNO2S/c12-7-2-1-6(5-8(7)13)10-14-9(11(15)16)3-4-17-10/h1-2,5,9-10,14H,3-4H2,(H,15,16). The molecule has 0 bridgehead atoms. The number of rotatable bonds is 2. The maximum absolute atomic E-state index is 13.3. The van der Waals surface area contributed by atoms with Crippen LogP contribution in [-0.2, 0) is 4.79 Å². The highest BCUT2D eigenvalue weighted by Gasteiger charge is 2.27. The van der Waals surface area contributed by atoms with Crippen molar-refractivity contribution in [3.8, 4) is 0 Å². The molecule has 92 valence electrons. The molecule has 0 saturated carbocycles. The molecule has 1 saturated heterocycles. The lowest BCUT2D eigenvalue weighted by Gasteiger charge is -2.28. The van der Waals surface area contributed by atoms with Gasteiger partial charge >= 0.3 is 5.97 Å². The third kappa shape index (κ3) is 2.91. The number of carboxylic acids is 1. The van der Waals surface area contributed by atoms with Crippen molar-refractivity contribution in [1.82, 2.24) is 5.32 Å². The Morgan fingerprint density at radius 1 is 1.59 bits per heavy atom. The summed E-state index contributed by atoms with van der Waals surface area (Å²) in [4.78, 5) is 10.9. The Balaban J connectivity index is 2.16. The van der Waals surface area contributed by atoms with Crippen LogP contribution < -0.4 is 5.32 Å². The van der Waals surface area contributed by atoms with Gasteiger partial charge < -0.3 is 5.11 Å². The van der Waals surface area contributed by atoms with Gasteiger partial charge in [-0.3, -0.25) is 10.1 Å². The molecule has 6 heteroatoms. The van der Waals surface area contributed by atoms with Crippen molar-refractivity contribution in [1.29, 1.82) is 0 Å². The fourth-order valence-electron chi connectivity index (χ4n) is 1.68. The molecule has 2 N–H and O–H groups in total. The first-order valence-electron chi connectivity index (χ1n) is 5.13. The van der Waals surface area contributed by atoms with Crippen molar-refractivity contribution in [2.45, 2.75) is 17.8 Å². The van der Waals surface area contributed by atoms with Crippen molar-refractivity contribution in [3.05, 3.63) is 34.6 Å². The van der Waals surface area contributed by atoms with Crippen LogP contribution in [0.1, 0.15) is 17.4 Å². The number of carboxylic acid groups (broad SMARTS) is 1. The number of hydrogen-bond acceptors (Lipinski definition) is 3. The summed E-state index contributed by atoms with van der Waals surface area (Å²) in [5, 5.41) is 11.8. The zero-order valence-electron chi connectivity index (χ0n) is 8.82. The second-order valence-electron chi connectivity index (χ2n) is 3.77. The second-order valence-corrected chi connectivity index (χ2v) is 5.39. The highest BCUT2D eigenvalue weighted by molar-refractivity contribution is 7.99. The van der Waals surface area contributed by atoms with Crippen molar-refractivity contribution < 1.29 is 14.3 Å². The summed E-state index contributed by atoms with van der Waals surface area (Å²) in [5.41, 5.74) is 0.711. The highest BCUT2D eigenvalue weighted by atomic mass is 35.5. The average molecular weight is 276 g/mol. The number of hydrogen-bond donors (Lipinski definition) is 2. The van der Waals surface area contributed by atoms with Gasteiger partial charge in [-0.15, -0.1) is 11.8 Å². The molecule has 1 aromatic carbocycles. The monoisotopic (exact) mass is 275 g/mol. The maximum Gasteiger partial charge on any atom is 0.320 e. The van der Waals surface area contributed by atoms with E-state index in [-0.39, 0.29) is 10.4 Å². The van der Waals surface area contributed by atoms with E-state index in [4.69, 9.17) is 16.7 Å². The predicted octanol–water partition coefficient (Wildman–Crippen LogP) is 2.66. The van der Waals surface area contributed by atoms with Gasteiger partial charge in [0.15, 0.2) is 0 Å². The van der Waals surface area contributed by atoms with Crippen LogP contribution in [0.5, 0.6) is 0 Å². The van der Waals surface area contributed by atoms with E-state index in [1.54, 1.807) is 17.8 Å². The van der Waals surface area contributed by atoms with E-state index >= 15 is 0 Å². The Labute approximate surface area is 107 Å². The first-order chi connectivity index (χ1) is 8.08. The third-order valence-electron chi connectivity index (χ3n) is 2.59. The van der Waals surface area contributed by atoms with Crippen LogP contribution in [0.4, 0.5) is 4.39 Å². The molecule has 0 amide bonds. The first-order valence-corrected chi connectivity index (χ1v) is 6.56. The SMILES string of the molecule is O=C(O)C1CCSC(c2ccc(Cl)c(F)c2)N1. The van der Waals surface area contributed by atoms with Crippen molar-refractivity contribution >= 4 is 29.3 Å². The molecule has 1 fully saturated rings. The van der Waals surface area contributed by atoms with E-state index in [2.05, 4.69) is 5.32 Å². The Kier molecular flexibility index (Phi) is 3.91. The number of halogens is 2. The number of carbonyl (C=O) groups is 1. The molecule has 1 heterocycles. The van der Waals surface area contributed by atoms with Crippen LogP contribution in [0.2, 0.25) is 5.02 Å². The molecule has 0 radical (unpaired) electrons. The van der Waals surface area contributed by atoms with Crippen LogP contribution in [0.3, 0.4) is 0 Å². The topological polar surface area (TPSA) is 49.3 Å². The molecule has 0 aliphatic carbocycles. The zero-order chi connectivity index (χ0) is 12.4. The quantitative estimate of drug-likeness (QED) is 0.871. The molecule has 1 aromatic rings. The lowest BCUT2D eigenvalue weighted by Crippen LogP contribution is -2.41. The minimum atomic E-state index is -0.871. The van der Waals surface area contributed by atoms with Gasteiger partial charge in [0.2, 0.25) is 0 Å². The van der Waals surface area contributed by atoms with Crippen LogP contribution in [0.25, 0.3) is 0 Å². The summed E-state index contributed by atoms with van der Waals surface area (Å²) in [5.74, 6) is -0.618. The Hall–Kier alpha value is -0.780. The summed E-state index contributed by atoms with van der Waals surface area (Å²) in [6, 6.07) is 3.97.